The predicted molar refractivity (Wildman–Crippen MR) is 130 cm³/mol. The van der Waals surface area contributed by atoms with E-state index in [1.165, 1.54) is 55.0 Å². The summed E-state index contributed by atoms with van der Waals surface area (Å²) in [6.07, 6.45) is 0. The normalized spacial score (nSPS) is 11.9. The van der Waals surface area contributed by atoms with Crippen LogP contribution in [-0.2, 0) is 0 Å². The van der Waals surface area contributed by atoms with Crippen molar-refractivity contribution in [2.24, 2.45) is 0 Å². The number of halogens is 1. The number of aryl methyl sites for hydroxylation is 2. The van der Waals surface area contributed by atoms with Crippen LogP contribution in [-0.4, -0.2) is 4.57 Å². The minimum atomic E-state index is 0.529. The van der Waals surface area contributed by atoms with Gasteiger partial charge in [0, 0.05) is 20.9 Å². The van der Waals surface area contributed by atoms with E-state index in [0.717, 1.165) is 4.47 Å². The highest BCUT2D eigenvalue weighted by Crippen LogP contribution is 2.39. The standard InChI is InChI=1S/C27H24BrN/c1-16(2)22-13-18(4)26(14-17(22)3)29-24-12-10-20(28)15-23(24)27-21-8-6-5-7-19(21)9-11-25(27)29/h5-16H,1-4H3. The van der Waals surface area contributed by atoms with Crippen molar-refractivity contribution >= 4 is 48.5 Å². The van der Waals surface area contributed by atoms with Crippen molar-refractivity contribution in [1.29, 1.82) is 0 Å². The van der Waals surface area contributed by atoms with Crippen LogP contribution in [0.3, 0.4) is 0 Å². The summed E-state index contributed by atoms with van der Waals surface area (Å²) in [6.45, 7) is 9.01. The molecule has 0 saturated carbocycles. The van der Waals surface area contributed by atoms with Gasteiger partial charge >= 0.3 is 0 Å². The monoisotopic (exact) mass is 441 g/mol. The van der Waals surface area contributed by atoms with Crippen LogP contribution in [0.2, 0.25) is 0 Å². The van der Waals surface area contributed by atoms with Crippen LogP contribution in [0, 0.1) is 13.8 Å². The minimum Gasteiger partial charge on any atom is -0.309 e. The topological polar surface area (TPSA) is 4.93 Å². The Labute approximate surface area is 180 Å². The van der Waals surface area contributed by atoms with E-state index in [1.807, 2.05) is 0 Å². The molecule has 0 spiro atoms. The lowest BCUT2D eigenvalue weighted by Gasteiger charge is -2.17. The molecule has 0 atom stereocenters. The highest BCUT2D eigenvalue weighted by Gasteiger charge is 2.17. The molecule has 0 amide bonds. The van der Waals surface area contributed by atoms with E-state index in [4.69, 9.17) is 0 Å². The molecule has 1 nitrogen and oxygen atoms in total. The zero-order valence-corrected chi connectivity index (χ0v) is 18.8. The molecule has 5 aromatic rings. The zero-order valence-electron chi connectivity index (χ0n) is 17.3. The molecule has 1 aromatic heterocycles. The number of nitrogens with zero attached hydrogens (tertiary/aromatic N) is 1. The highest BCUT2D eigenvalue weighted by molar-refractivity contribution is 9.10. The lowest BCUT2D eigenvalue weighted by atomic mass is 9.95. The average Bonchev–Trinajstić information content (AvgIpc) is 3.03. The van der Waals surface area contributed by atoms with E-state index in [0.29, 0.717) is 5.92 Å². The molecule has 0 aliphatic rings. The molecule has 0 saturated heterocycles. The van der Waals surface area contributed by atoms with Crippen LogP contribution in [0.1, 0.15) is 36.5 Å². The van der Waals surface area contributed by atoms with E-state index in [-0.39, 0.29) is 0 Å². The van der Waals surface area contributed by atoms with E-state index < -0.39 is 0 Å². The molecule has 0 unspecified atom stereocenters. The Bertz CT molecular complexity index is 1410. The summed E-state index contributed by atoms with van der Waals surface area (Å²) in [7, 11) is 0. The van der Waals surface area contributed by atoms with Gasteiger partial charge in [0.15, 0.2) is 0 Å². The van der Waals surface area contributed by atoms with Crippen LogP contribution >= 0.6 is 15.9 Å². The summed E-state index contributed by atoms with van der Waals surface area (Å²) in [6, 6.07) is 24.6. The summed E-state index contributed by atoms with van der Waals surface area (Å²) < 4.78 is 3.55. The number of aromatic nitrogens is 1. The molecule has 0 aliphatic heterocycles. The molecule has 0 radical (unpaired) electrons. The molecule has 0 bridgehead atoms. The second-order valence-corrected chi connectivity index (χ2v) is 9.24. The van der Waals surface area contributed by atoms with Crippen LogP contribution in [0.5, 0.6) is 0 Å². The van der Waals surface area contributed by atoms with E-state index in [2.05, 4.69) is 115 Å². The maximum absolute atomic E-state index is 3.69. The fourth-order valence-electron chi connectivity index (χ4n) is 4.71. The molecular weight excluding hydrogens is 418 g/mol. The highest BCUT2D eigenvalue weighted by atomic mass is 79.9. The largest absolute Gasteiger partial charge is 0.309 e. The Morgan fingerprint density at radius 2 is 1.52 bits per heavy atom. The number of hydrogen-bond donors (Lipinski definition) is 0. The molecule has 29 heavy (non-hydrogen) atoms. The number of hydrogen-bond acceptors (Lipinski definition) is 0. The molecule has 0 fully saturated rings. The van der Waals surface area contributed by atoms with Crippen molar-refractivity contribution in [2.75, 3.05) is 0 Å². The van der Waals surface area contributed by atoms with Gasteiger partial charge in [-0.3, -0.25) is 0 Å². The zero-order chi connectivity index (χ0) is 20.3. The van der Waals surface area contributed by atoms with E-state index >= 15 is 0 Å². The Balaban J connectivity index is 1.97. The minimum absolute atomic E-state index is 0.529. The quantitative estimate of drug-likeness (QED) is 0.259. The fraction of sp³-hybridized carbons (Fsp3) is 0.185. The number of rotatable bonds is 2. The Kier molecular flexibility index (Phi) is 4.29. The molecule has 0 aliphatic carbocycles. The van der Waals surface area contributed by atoms with Crippen molar-refractivity contribution in [3.05, 3.63) is 87.9 Å². The first-order valence-electron chi connectivity index (χ1n) is 10.2. The lowest BCUT2D eigenvalue weighted by molar-refractivity contribution is 0.853. The Hall–Kier alpha value is -2.58. The predicted octanol–water partition coefficient (Wildman–Crippen LogP) is 8.44. The summed E-state index contributed by atoms with van der Waals surface area (Å²) in [4.78, 5) is 0. The number of fused-ring (bicyclic) bond motifs is 5. The smallest absolute Gasteiger partial charge is 0.0547 e. The number of benzene rings is 4. The van der Waals surface area contributed by atoms with Gasteiger partial charge in [0.2, 0.25) is 0 Å². The summed E-state index contributed by atoms with van der Waals surface area (Å²) in [5.74, 6) is 0.529. The summed E-state index contributed by atoms with van der Waals surface area (Å²) >= 11 is 3.69. The maximum atomic E-state index is 3.69. The van der Waals surface area contributed by atoms with Gasteiger partial charge in [0.1, 0.15) is 0 Å². The van der Waals surface area contributed by atoms with Gasteiger partial charge in [0.25, 0.3) is 0 Å². The van der Waals surface area contributed by atoms with Crippen LogP contribution in [0.15, 0.2) is 71.2 Å². The summed E-state index contributed by atoms with van der Waals surface area (Å²) in [5, 5.41) is 5.20. The molecule has 0 N–H and O–H groups in total. The van der Waals surface area contributed by atoms with Crippen molar-refractivity contribution in [1.82, 2.24) is 4.57 Å². The van der Waals surface area contributed by atoms with Crippen LogP contribution < -0.4 is 0 Å². The van der Waals surface area contributed by atoms with E-state index in [1.54, 1.807) is 0 Å². The second kappa shape index (κ2) is 6.74. The van der Waals surface area contributed by atoms with Crippen molar-refractivity contribution in [2.45, 2.75) is 33.6 Å². The SMILES string of the molecule is Cc1cc(-n2c3ccc(Br)cc3c3c4ccccc4ccc32)c(C)cc1C(C)C. The first-order valence-corrected chi connectivity index (χ1v) is 11.0. The molecule has 2 heteroatoms. The second-order valence-electron chi connectivity index (χ2n) is 8.33. The molecule has 4 aromatic carbocycles. The maximum Gasteiger partial charge on any atom is 0.0547 e. The third kappa shape index (κ3) is 2.81. The lowest BCUT2D eigenvalue weighted by Crippen LogP contribution is -2.01. The molecular formula is C27H24BrN. The van der Waals surface area contributed by atoms with Crippen LogP contribution in [0.25, 0.3) is 38.3 Å². The van der Waals surface area contributed by atoms with Crippen LogP contribution in [0.4, 0.5) is 0 Å². The van der Waals surface area contributed by atoms with Gasteiger partial charge < -0.3 is 4.57 Å². The molecule has 1 heterocycles. The van der Waals surface area contributed by atoms with Gasteiger partial charge in [-0.25, -0.2) is 0 Å². The van der Waals surface area contributed by atoms with Gasteiger partial charge in [-0.15, -0.1) is 0 Å². The molecule has 144 valence electrons. The Morgan fingerprint density at radius 3 is 2.31 bits per heavy atom. The van der Waals surface area contributed by atoms with Crippen molar-refractivity contribution < 1.29 is 0 Å². The first kappa shape index (κ1) is 18.4. The van der Waals surface area contributed by atoms with E-state index in [9.17, 15) is 0 Å². The first-order chi connectivity index (χ1) is 14.0. The van der Waals surface area contributed by atoms with Crippen molar-refractivity contribution in [3.8, 4) is 5.69 Å². The Morgan fingerprint density at radius 1 is 0.759 bits per heavy atom. The molecule has 5 rings (SSSR count). The third-order valence-electron chi connectivity index (χ3n) is 6.06. The van der Waals surface area contributed by atoms with Crippen molar-refractivity contribution in [3.63, 3.8) is 0 Å². The van der Waals surface area contributed by atoms with Gasteiger partial charge in [-0.05, 0) is 77.6 Å². The average molecular weight is 442 g/mol. The fourth-order valence-corrected chi connectivity index (χ4v) is 5.07. The van der Waals surface area contributed by atoms with Gasteiger partial charge in [-0.2, -0.15) is 0 Å². The van der Waals surface area contributed by atoms with Gasteiger partial charge in [0.05, 0.1) is 11.0 Å². The third-order valence-corrected chi connectivity index (χ3v) is 6.56. The summed E-state index contributed by atoms with van der Waals surface area (Å²) in [5.41, 5.74) is 7.88. The van der Waals surface area contributed by atoms with Gasteiger partial charge in [-0.1, -0.05) is 66.2 Å².